The van der Waals surface area contributed by atoms with Crippen LogP contribution in [0.5, 0.6) is 0 Å². The Kier molecular flexibility index (Phi) is 7.20. The molecule has 0 aliphatic carbocycles. The molecule has 1 aliphatic rings. The van der Waals surface area contributed by atoms with Crippen LogP contribution in [0.1, 0.15) is 41.0 Å². The van der Waals surface area contributed by atoms with Gasteiger partial charge in [0, 0.05) is 44.8 Å². The van der Waals surface area contributed by atoms with Crippen LogP contribution in [0.2, 0.25) is 0 Å². The van der Waals surface area contributed by atoms with E-state index in [1.54, 1.807) is 0 Å². The van der Waals surface area contributed by atoms with Gasteiger partial charge >= 0.3 is 0 Å². The first-order valence-electron chi connectivity index (χ1n) is 7.72. The molecule has 1 N–H and O–H groups in total. The van der Waals surface area contributed by atoms with E-state index in [-0.39, 0.29) is 0 Å². The number of nitrogens with zero attached hydrogens (tertiary/aromatic N) is 2. The van der Waals surface area contributed by atoms with Crippen LogP contribution in [-0.2, 0) is 0 Å². The molecule has 18 heavy (non-hydrogen) atoms. The van der Waals surface area contributed by atoms with Gasteiger partial charge in [0.05, 0.1) is 0 Å². The van der Waals surface area contributed by atoms with E-state index >= 15 is 0 Å². The summed E-state index contributed by atoms with van der Waals surface area (Å²) in [5, 5.41) is 3.53. The van der Waals surface area contributed by atoms with Crippen LogP contribution in [0, 0.1) is 5.92 Å². The standard InChI is InChI=1S/C15H33N3/c1-6-15(5)18-9-7-17(8-10-18)12-14(4)11-16-13(2)3/h13-16H,6-12H2,1-5H3. The highest BCUT2D eigenvalue weighted by Gasteiger charge is 2.20. The molecule has 2 atom stereocenters. The Bertz CT molecular complexity index is 210. The van der Waals surface area contributed by atoms with Crippen LogP contribution in [0.25, 0.3) is 0 Å². The molecule has 2 unspecified atom stereocenters. The number of rotatable bonds is 7. The highest BCUT2D eigenvalue weighted by Crippen LogP contribution is 2.10. The zero-order valence-electron chi connectivity index (χ0n) is 13.1. The van der Waals surface area contributed by atoms with Gasteiger partial charge in [-0.3, -0.25) is 4.90 Å². The van der Waals surface area contributed by atoms with Crippen molar-refractivity contribution in [1.29, 1.82) is 0 Å². The Balaban J connectivity index is 2.18. The molecule has 0 aromatic carbocycles. The highest BCUT2D eigenvalue weighted by molar-refractivity contribution is 4.77. The van der Waals surface area contributed by atoms with Crippen LogP contribution in [0.3, 0.4) is 0 Å². The quantitative estimate of drug-likeness (QED) is 0.751. The van der Waals surface area contributed by atoms with E-state index in [2.05, 4.69) is 49.7 Å². The van der Waals surface area contributed by atoms with Gasteiger partial charge in [0.1, 0.15) is 0 Å². The average molecular weight is 255 g/mol. The maximum atomic E-state index is 3.53. The summed E-state index contributed by atoms with van der Waals surface area (Å²) < 4.78 is 0. The molecular formula is C15H33N3. The van der Waals surface area contributed by atoms with Crippen LogP contribution >= 0.6 is 0 Å². The Hall–Kier alpha value is -0.120. The van der Waals surface area contributed by atoms with Crippen molar-refractivity contribution in [3.63, 3.8) is 0 Å². The lowest BCUT2D eigenvalue weighted by molar-refractivity contribution is 0.0914. The third-order valence-corrected chi connectivity index (χ3v) is 4.07. The van der Waals surface area contributed by atoms with Crippen LogP contribution in [-0.4, -0.2) is 61.2 Å². The summed E-state index contributed by atoms with van der Waals surface area (Å²) in [5.41, 5.74) is 0. The molecule has 0 saturated carbocycles. The molecule has 3 nitrogen and oxygen atoms in total. The van der Waals surface area contributed by atoms with Gasteiger partial charge in [-0.15, -0.1) is 0 Å². The topological polar surface area (TPSA) is 18.5 Å². The number of piperazine rings is 1. The van der Waals surface area contributed by atoms with Crippen LogP contribution in [0.4, 0.5) is 0 Å². The first kappa shape index (κ1) is 15.9. The lowest BCUT2D eigenvalue weighted by atomic mass is 10.1. The second-order valence-corrected chi connectivity index (χ2v) is 6.26. The minimum absolute atomic E-state index is 0.606. The molecule has 108 valence electrons. The van der Waals surface area contributed by atoms with Gasteiger partial charge in [0.2, 0.25) is 0 Å². The Morgan fingerprint density at radius 1 is 1.00 bits per heavy atom. The second-order valence-electron chi connectivity index (χ2n) is 6.26. The van der Waals surface area contributed by atoms with Crippen molar-refractivity contribution < 1.29 is 0 Å². The number of nitrogens with one attached hydrogen (secondary N) is 1. The van der Waals surface area contributed by atoms with Gasteiger partial charge in [-0.1, -0.05) is 27.7 Å². The maximum Gasteiger partial charge on any atom is 0.0113 e. The summed E-state index contributed by atoms with van der Waals surface area (Å²) >= 11 is 0. The minimum atomic E-state index is 0.606. The number of hydrogen-bond donors (Lipinski definition) is 1. The normalized spacial score (nSPS) is 22.3. The summed E-state index contributed by atoms with van der Waals surface area (Å²) in [6.07, 6.45) is 1.27. The van der Waals surface area contributed by atoms with Crippen molar-refractivity contribution >= 4 is 0 Å². The third-order valence-electron chi connectivity index (χ3n) is 4.07. The fraction of sp³-hybridized carbons (Fsp3) is 1.00. The van der Waals surface area contributed by atoms with Gasteiger partial charge < -0.3 is 10.2 Å². The first-order valence-corrected chi connectivity index (χ1v) is 7.72. The molecule has 1 heterocycles. The molecule has 1 aliphatic heterocycles. The van der Waals surface area contributed by atoms with Gasteiger partial charge in [-0.2, -0.15) is 0 Å². The molecule has 1 saturated heterocycles. The summed E-state index contributed by atoms with van der Waals surface area (Å²) in [5.74, 6) is 0.752. The molecule has 0 amide bonds. The second kappa shape index (κ2) is 8.13. The SMILES string of the molecule is CCC(C)N1CCN(CC(C)CNC(C)C)CC1. The molecule has 1 fully saturated rings. The fourth-order valence-corrected chi connectivity index (χ4v) is 2.59. The van der Waals surface area contributed by atoms with E-state index in [4.69, 9.17) is 0 Å². The van der Waals surface area contributed by atoms with Gasteiger partial charge in [0.25, 0.3) is 0 Å². The van der Waals surface area contributed by atoms with Gasteiger partial charge in [-0.05, 0) is 25.8 Å². The average Bonchev–Trinajstić information content (AvgIpc) is 2.36. The lowest BCUT2D eigenvalue weighted by Gasteiger charge is -2.38. The molecule has 3 heteroatoms. The van der Waals surface area contributed by atoms with Crippen molar-refractivity contribution in [3.8, 4) is 0 Å². The fourth-order valence-electron chi connectivity index (χ4n) is 2.59. The minimum Gasteiger partial charge on any atom is -0.314 e. The van der Waals surface area contributed by atoms with Gasteiger partial charge in [0.15, 0.2) is 0 Å². The van der Waals surface area contributed by atoms with E-state index < -0.39 is 0 Å². The smallest absolute Gasteiger partial charge is 0.0113 e. The molecule has 0 radical (unpaired) electrons. The predicted molar refractivity (Wildman–Crippen MR) is 80.1 cm³/mol. The van der Waals surface area contributed by atoms with E-state index in [1.807, 2.05) is 0 Å². The summed E-state index contributed by atoms with van der Waals surface area (Å²) in [6, 6.07) is 1.36. The molecule has 0 bridgehead atoms. The van der Waals surface area contributed by atoms with Crippen molar-refractivity contribution in [3.05, 3.63) is 0 Å². The van der Waals surface area contributed by atoms with E-state index in [0.717, 1.165) is 18.5 Å². The summed E-state index contributed by atoms with van der Waals surface area (Å²) in [4.78, 5) is 5.26. The predicted octanol–water partition coefficient (Wildman–Crippen LogP) is 2.04. The van der Waals surface area contributed by atoms with Crippen molar-refractivity contribution in [2.45, 2.75) is 53.1 Å². The third kappa shape index (κ3) is 5.68. The summed E-state index contributed by atoms with van der Waals surface area (Å²) in [6.45, 7) is 18.8. The monoisotopic (exact) mass is 255 g/mol. The zero-order valence-corrected chi connectivity index (χ0v) is 13.1. The van der Waals surface area contributed by atoms with E-state index in [0.29, 0.717) is 6.04 Å². The summed E-state index contributed by atoms with van der Waals surface area (Å²) in [7, 11) is 0. The Labute approximate surface area is 114 Å². The van der Waals surface area contributed by atoms with Crippen molar-refractivity contribution in [2.24, 2.45) is 5.92 Å². The molecule has 1 rings (SSSR count). The lowest BCUT2D eigenvalue weighted by Crippen LogP contribution is -2.50. The zero-order chi connectivity index (χ0) is 13.5. The molecular weight excluding hydrogens is 222 g/mol. The van der Waals surface area contributed by atoms with Crippen molar-refractivity contribution in [2.75, 3.05) is 39.3 Å². The maximum absolute atomic E-state index is 3.53. The van der Waals surface area contributed by atoms with Crippen LogP contribution in [0.15, 0.2) is 0 Å². The Morgan fingerprint density at radius 2 is 1.61 bits per heavy atom. The largest absolute Gasteiger partial charge is 0.314 e. The molecule has 0 aromatic rings. The van der Waals surface area contributed by atoms with Crippen LogP contribution < -0.4 is 5.32 Å². The first-order chi connectivity index (χ1) is 8.52. The van der Waals surface area contributed by atoms with E-state index in [9.17, 15) is 0 Å². The van der Waals surface area contributed by atoms with Gasteiger partial charge in [-0.25, -0.2) is 0 Å². The highest BCUT2D eigenvalue weighted by atomic mass is 15.3. The number of hydrogen-bond acceptors (Lipinski definition) is 3. The Morgan fingerprint density at radius 3 is 2.11 bits per heavy atom. The van der Waals surface area contributed by atoms with E-state index in [1.165, 1.54) is 39.1 Å². The van der Waals surface area contributed by atoms with Crippen molar-refractivity contribution in [1.82, 2.24) is 15.1 Å². The molecule has 0 aromatic heterocycles. The molecule has 0 spiro atoms.